The summed E-state index contributed by atoms with van der Waals surface area (Å²) in [5.41, 5.74) is 0. The number of methoxy groups -OCH3 is 4. The predicted molar refractivity (Wildman–Crippen MR) is 97.0 cm³/mol. The molecule has 0 aliphatic heterocycles. The normalized spacial score (nSPS) is 14.3. The van der Waals surface area contributed by atoms with Gasteiger partial charge >= 0.3 is 0 Å². The van der Waals surface area contributed by atoms with Gasteiger partial charge in [-0.3, -0.25) is 0 Å². The van der Waals surface area contributed by atoms with Gasteiger partial charge in [-0.05, 0) is 32.9 Å². The van der Waals surface area contributed by atoms with Crippen LogP contribution in [-0.4, -0.2) is 78.6 Å². The van der Waals surface area contributed by atoms with E-state index in [1.807, 2.05) is 0 Å². The highest BCUT2D eigenvalue weighted by Gasteiger charge is 2.06. The van der Waals surface area contributed by atoms with Gasteiger partial charge in [-0.2, -0.15) is 0 Å². The van der Waals surface area contributed by atoms with Crippen molar-refractivity contribution >= 4 is 19.0 Å². The molecule has 0 rings (SSSR count). The lowest BCUT2D eigenvalue weighted by atomic mass is 10.4. The average Bonchev–Trinajstić information content (AvgIpc) is 2.54. The van der Waals surface area contributed by atoms with Crippen LogP contribution >= 0.6 is 0 Å². The molecule has 6 nitrogen and oxygen atoms in total. The van der Waals surface area contributed by atoms with Gasteiger partial charge in [0.05, 0.1) is 25.2 Å². The van der Waals surface area contributed by atoms with Crippen molar-refractivity contribution in [3.8, 4) is 0 Å². The second kappa shape index (κ2) is 16.1. The van der Waals surface area contributed by atoms with Gasteiger partial charge in [-0.1, -0.05) is 12.1 Å². The summed E-state index contributed by atoms with van der Waals surface area (Å²) in [6.07, 6.45) is 2.75. The van der Waals surface area contributed by atoms with Crippen LogP contribution in [0.4, 0.5) is 0 Å². The minimum absolute atomic E-state index is 0.0720. The molecule has 0 aromatic heterocycles. The van der Waals surface area contributed by atoms with Gasteiger partial charge in [0, 0.05) is 28.4 Å². The number of hydrogen-bond donors (Lipinski definition) is 2. The van der Waals surface area contributed by atoms with Gasteiger partial charge in [0.15, 0.2) is 0 Å². The second-order valence-corrected chi connectivity index (χ2v) is 9.33. The molecule has 0 radical (unpaired) electrons. The van der Waals surface area contributed by atoms with Crippen LogP contribution in [-0.2, 0) is 18.9 Å². The lowest BCUT2D eigenvalue weighted by molar-refractivity contribution is -0.0442. The molecule has 22 heavy (non-hydrogen) atoms. The first kappa shape index (κ1) is 22.2. The fourth-order valence-electron chi connectivity index (χ4n) is 2.25. The van der Waals surface area contributed by atoms with Crippen LogP contribution in [0, 0.1) is 0 Å². The van der Waals surface area contributed by atoms with Crippen LogP contribution < -0.4 is 10.6 Å². The number of ether oxygens (including phenoxy) is 4. The third kappa shape index (κ3) is 12.7. The van der Waals surface area contributed by atoms with Gasteiger partial charge < -0.3 is 29.6 Å². The summed E-state index contributed by atoms with van der Waals surface area (Å²) in [4.78, 5) is 0. The maximum Gasteiger partial charge on any atom is 0.134 e. The van der Waals surface area contributed by atoms with E-state index in [1.54, 1.807) is 28.4 Å². The van der Waals surface area contributed by atoms with Crippen molar-refractivity contribution in [2.45, 2.75) is 49.8 Å². The largest absolute Gasteiger partial charge is 0.360 e. The standard InChI is InChI=1S/C14H36N2O4Si2/c1-12(15-8-6-10-21-13(17-2)18-3)16-9-7-11-22-14(19-4)20-5/h12-16H,6-11,21-22H2,1-5H3. The predicted octanol–water partition coefficient (Wildman–Crippen LogP) is -0.381. The summed E-state index contributed by atoms with van der Waals surface area (Å²) in [5.74, 6) is 0.144. The molecule has 0 saturated carbocycles. The van der Waals surface area contributed by atoms with E-state index in [9.17, 15) is 0 Å². The third-order valence-corrected chi connectivity index (χ3v) is 7.78. The number of rotatable bonds is 16. The van der Waals surface area contributed by atoms with E-state index in [-0.39, 0.29) is 30.9 Å². The molecular weight excluding hydrogens is 316 g/mol. The highest BCUT2D eigenvalue weighted by molar-refractivity contribution is 6.36. The summed E-state index contributed by atoms with van der Waals surface area (Å²) in [6.45, 7) is 4.27. The molecule has 0 aromatic rings. The molecule has 0 spiro atoms. The molecule has 0 heterocycles. The van der Waals surface area contributed by atoms with E-state index in [2.05, 4.69) is 17.6 Å². The maximum atomic E-state index is 5.23. The van der Waals surface area contributed by atoms with Crippen LogP contribution in [0.15, 0.2) is 0 Å². The second-order valence-electron chi connectivity index (χ2n) is 5.42. The maximum absolute atomic E-state index is 5.23. The van der Waals surface area contributed by atoms with Gasteiger partial charge in [-0.25, -0.2) is 0 Å². The molecule has 0 unspecified atom stereocenters. The fraction of sp³-hybridized carbons (Fsp3) is 1.00. The van der Waals surface area contributed by atoms with E-state index in [0.717, 1.165) is 13.1 Å². The first-order valence-electron chi connectivity index (χ1n) is 8.25. The quantitative estimate of drug-likeness (QED) is 0.224. The Morgan fingerprint density at radius 2 is 1.09 bits per heavy atom. The van der Waals surface area contributed by atoms with E-state index in [4.69, 9.17) is 18.9 Å². The Hall–Kier alpha value is 0.194. The Balaban J connectivity index is 3.37. The fourth-order valence-corrected chi connectivity index (χ4v) is 4.93. The van der Waals surface area contributed by atoms with Crippen LogP contribution in [0.2, 0.25) is 12.1 Å². The molecule has 0 amide bonds. The van der Waals surface area contributed by atoms with Gasteiger partial charge in [0.1, 0.15) is 11.8 Å². The van der Waals surface area contributed by atoms with E-state index in [1.165, 1.54) is 24.9 Å². The lowest BCUT2D eigenvalue weighted by Gasteiger charge is -2.17. The molecule has 0 fully saturated rings. The summed E-state index contributed by atoms with van der Waals surface area (Å²) >= 11 is 0. The lowest BCUT2D eigenvalue weighted by Crippen LogP contribution is -2.40. The Morgan fingerprint density at radius 1 is 0.727 bits per heavy atom. The summed E-state index contributed by atoms with van der Waals surface area (Å²) < 4.78 is 20.9. The molecule has 0 saturated heterocycles. The monoisotopic (exact) mass is 352 g/mol. The van der Waals surface area contributed by atoms with E-state index in [0.29, 0.717) is 6.17 Å². The highest BCUT2D eigenvalue weighted by Crippen LogP contribution is 1.97. The zero-order chi connectivity index (χ0) is 16.6. The van der Waals surface area contributed by atoms with Crippen molar-refractivity contribution in [3.05, 3.63) is 0 Å². The molecule has 0 aromatic carbocycles. The Morgan fingerprint density at radius 3 is 1.41 bits per heavy atom. The van der Waals surface area contributed by atoms with E-state index >= 15 is 0 Å². The van der Waals surface area contributed by atoms with Gasteiger partial charge in [-0.15, -0.1) is 0 Å². The molecule has 2 N–H and O–H groups in total. The first-order chi connectivity index (χ1) is 10.7. The topological polar surface area (TPSA) is 61.0 Å². The average molecular weight is 353 g/mol. The minimum Gasteiger partial charge on any atom is -0.360 e. The SMILES string of the molecule is COC(OC)[SiH2]CCCNC(C)NCCC[SiH2]C(OC)OC. The molecule has 0 aliphatic carbocycles. The third-order valence-electron chi connectivity index (χ3n) is 3.69. The first-order valence-corrected chi connectivity index (χ1v) is 11.9. The van der Waals surface area contributed by atoms with Crippen LogP contribution in [0.25, 0.3) is 0 Å². The Kier molecular flexibility index (Phi) is 16.2. The summed E-state index contributed by atoms with van der Waals surface area (Å²) in [5, 5.41) is 7.01. The molecule has 0 bridgehead atoms. The Bertz CT molecular complexity index is 211. The highest BCUT2D eigenvalue weighted by atomic mass is 28.2. The molecular formula is C14H36N2O4Si2. The van der Waals surface area contributed by atoms with Crippen LogP contribution in [0.3, 0.4) is 0 Å². The van der Waals surface area contributed by atoms with Crippen molar-refractivity contribution in [1.82, 2.24) is 10.6 Å². The van der Waals surface area contributed by atoms with Gasteiger partial charge in [0.25, 0.3) is 0 Å². The number of nitrogens with one attached hydrogen (secondary N) is 2. The molecule has 8 heteroatoms. The Labute approximate surface area is 140 Å². The zero-order valence-corrected chi connectivity index (χ0v) is 17.9. The molecule has 134 valence electrons. The van der Waals surface area contributed by atoms with E-state index < -0.39 is 0 Å². The van der Waals surface area contributed by atoms with Crippen molar-refractivity contribution in [2.24, 2.45) is 0 Å². The minimum atomic E-state index is -0.279. The molecule has 0 atom stereocenters. The van der Waals surface area contributed by atoms with Crippen LogP contribution in [0.5, 0.6) is 0 Å². The smallest absolute Gasteiger partial charge is 0.134 e. The van der Waals surface area contributed by atoms with Gasteiger partial charge in [0.2, 0.25) is 0 Å². The summed E-state index contributed by atoms with van der Waals surface area (Å²) in [6, 6.07) is 2.49. The summed E-state index contributed by atoms with van der Waals surface area (Å²) in [7, 11) is 6.31. The van der Waals surface area contributed by atoms with Crippen molar-refractivity contribution < 1.29 is 18.9 Å². The zero-order valence-electron chi connectivity index (χ0n) is 15.0. The van der Waals surface area contributed by atoms with Crippen molar-refractivity contribution in [2.75, 3.05) is 41.5 Å². The van der Waals surface area contributed by atoms with Crippen molar-refractivity contribution in [1.29, 1.82) is 0 Å². The van der Waals surface area contributed by atoms with Crippen molar-refractivity contribution in [3.63, 3.8) is 0 Å². The molecule has 0 aliphatic rings. The van der Waals surface area contributed by atoms with Crippen LogP contribution in [0.1, 0.15) is 19.8 Å². The number of hydrogen-bond acceptors (Lipinski definition) is 6.